The Morgan fingerprint density at radius 1 is 1.13 bits per heavy atom. The molecule has 2 aromatic carbocycles. The fourth-order valence-electron chi connectivity index (χ4n) is 1.51. The van der Waals surface area contributed by atoms with Gasteiger partial charge in [0.05, 0.1) is 0 Å². The fourth-order valence-corrected chi connectivity index (χ4v) is 1.51. The third kappa shape index (κ3) is 1.89. The minimum Gasteiger partial charge on any atom is -0.329 e. The van der Waals surface area contributed by atoms with Crippen LogP contribution in [0.25, 0.3) is 10.8 Å². The van der Waals surface area contributed by atoms with E-state index in [0.717, 1.165) is 10.8 Å². The number of rotatable bonds is 2. The van der Waals surface area contributed by atoms with Crippen molar-refractivity contribution in [2.75, 3.05) is 0 Å². The molecule has 0 aliphatic heterocycles. The molecule has 0 aliphatic carbocycles. The van der Waals surface area contributed by atoms with E-state index in [4.69, 9.17) is 0 Å². The SMILES string of the molecule is C=CNC(=O)c1ccc2ccccc2c1. The second kappa shape index (κ2) is 3.96. The van der Waals surface area contributed by atoms with Crippen LogP contribution in [0.5, 0.6) is 0 Å². The van der Waals surface area contributed by atoms with Gasteiger partial charge in [0.25, 0.3) is 5.91 Å². The standard InChI is InChI=1S/C13H11NO/c1-2-14-13(15)12-8-7-10-5-3-4-6-11(10)9-12/h2-9H,1H2,(H,14,15). The van der Waals surface area contributed by atoms with E-state index in [-0.39, 0.29) is 5.91 Å². The topological polar surface area (TPSA) is 29.1 Å². The Hall–Kier alpha value is -2.09. The lowest BCUT2D eigenvalue weighted by Gasteiger charge is -2.02. The van der Waals surface area contributed by atoms with Gasteiger partial charge in [-0.1, -0.05) is 36.9 Å². The normalized spacial score (nSPS) is 9.87. The molecule has 0 atom stereocenters. The van der Waals surface area contributed by atoms with Crippen LogP contribution in [0.3, 0.4) is 0 Å². The molecule has 2 rings (SSSR count). The van der Waals surface area contributed by atoms with Crippen molar-refractivity contribution in [2.24, 2.45) is 0 Å². The Morgan fingerprint density at radius 2 is 1.87 bits per heavy atom. The van der Waals surface area contributed by atoms with E-state index in [1.165, 1.54) is 6.20 Å². The maximum absolute atomic E-state index is 11.5. The number of fused-ring (bicyclic) bond motifs is 1. The monoisotopic (exact) mass is 197 g/mol. The van der Waals surface area contributed by atoms with Gasteiger partial charge in [0.2, 0.25) is 0 Å². The zero-order chi connectivity index (χ0) is 10.7. The van der Waals surface area contributed by atoms with Crippen LogP contribution < -0.4 is 5.32 Å². The molecule has 0 bridgehead atoms. The smallest absolute Gasteiger partial charge is 0.255 e. The highest BCUT2D eigenvalue weighted by Crippen LogP contribution is 2.15. The van der Waals surface area contributed by atoms with Crippen LogP contribution in [0.4, 0.5) is 0 Å². The van der Waals surface area contributed by atoms with Gasteiger partial charge in [0.1, 0.15) is 0 Å². The van der Waals surface area contributed by atoms with E-state index in [0.29, 0.717) is 5.56 Å². The van der Waals surface area contributed by atoms with Crippen molar-refractivity contribution >= 4 is 16.7 Å². The summed E-state index contributed by atoms with van der Waals surface area (Å²) in [4.78, 5) is 11.5. The molecule has 0 saturated heterocycles. The lowest BCUT2D eigenvalue weighted by molar-refractivity contribution is 0.0970. The first-order chi connectivity index (χ1) is 7.31. The van der Waals surface area contributed by atoms with Crippen LogP contribution in [-0.4, -0.2) is 5.91 Å². The molecule has 0 aliphatic rings. The minimum atomic E-state index is -0.129. The first kappa shape index (κ1) is 9.46. The Morgan fingerprint density at radius 3 is 2.60 bits per heavy atom. The van der Waals surface area contributed by atoms with Gasteiger partial charge in [-0.05, 0) is 29.1 Å². The Balaban J connectivity index is 2.46. The zero-order valence-electron chi connectivity index (χ0n) is 8.23. The van der Waals surface area contributed by atoms with Crippen molar-refractivity contribution in [1.29, 1.82) is 0 Å². The number of hydrogen-bond donors (Lipinski definition) is 1. The largest absolute Gasteiger partial charge is 0.329 e. The van der Waals surface area contributed by atoms with Crippen molar-refractivity contribution in [1.82, 2.24) is 5.32 Å². The highest BCUT2D eigenvalue weighted by atomic mass is 16.1. The third-order valence-corrected chi connectivity index (χ3v) is 2.24. The maximum Gasteiger partial charge on any atom is 0.255 e. The first-order valence-electron chi connectivity index (χ1n) is 4.72. The molecule has 2 heteroatoms. The molecule has 0 saturated carbocycles. The quantitative estimate of drug-likeness (QED) is 0.788. The molecule has 0 spiro atoms. The number of nitrogens with one attached hydrogen (secondary N) is 1. The van der Waals surface area contributed by atoms with Crippen molar-refractivity contribution < 1.29 is 4.79 Å². The zero-order valence-corrected chi connectivity index (χ0v) is 8.23. The van der Waals surface area contributed by atoms with Gasteiger partial charge in [-0.3, -0.25) is 4.79 Å². The van der Waals surface area contributed by atoms with E-state index in [2.05, 4.69) is 11.9 Å². The summed E-state index contributed by atoms with van der Waals surface area (Å²) in [7, 11) is 0. The molecule has 0 radical (unpaired) electrons. The maximum atomic E-state index is 11.5. The number of benzene rings is 2. The van der Waals surface area contributed by atoms with Crippen molar-refractivity contribution in [3.05, 3.63) is 60.8 Å². The molecule has 15 heavy (non-hydrogen) atoms. The number of carbonyl (C=O) groups excluding carboxylic acids is 1. The summed E-state index contributed by atoms with van der Waals surface area (Å²) in [5, 5.41) is 4.75. The molecular formula is C13H11NO. The molecule has 2 nitrogen and oxygen atoms in total. The molecule has 0 fully saturated rings. The van der Waals surface area contributed by atoms with E-state index >= 15 is 0 Å². The van der Waals surface area contributed by atoms with Gasteiger partial charge in [0, 0.05) is 5.56 Å². The van der Waals surface area contributed by atoms with Crippen molar-refractivity contribution in [3.63, 3.8) is 0 Å². The first-order valence-corrected chi connectivity index (χ1v) is 4.72. The summed E-state index contributed by atoms with van der Waals surface area (Å²) in [6.45, 7) is 3.46. The minimum absolute atomic E-state index is 0.129. The van der Waals surface area contributed by atoms with Gasteiger partial charge in [-0.2, -0.15) is 0 Å². The molecule has 0 heterocycles. The molecular weight excluding hydrogens is 186 g/mol. The van der Waals surface area contributed by atoms with E-state index < -0.39 is 0 Å². The highest BCUT2D eigenvalue weighted by molar-refractivity contribution is 5.98. The predicted molar refractivity (Wildman–Crippen MR) is 61.6 cm³/mol. The number of carbonyl (C=O) groups is 1. The number of hydrogen-bond acceptors (Lipinski definition) is 1. The van der Waals surface area contributed by atoms with Gasteiger partial charge in [-0.15, -0.1) is 0 Å². The second-order valence-corrected chi connectivity index (χ2v) is 3.24. The van der Waals surface area contributed by atoms with Gasteiger partial charge < -0.3 is 5.32 Å². The van der Waals surface area contributed by atoms with E-state index in [1.807, 2.05) is 36.4 Å². The van der Waals surface area contributed by atoms with Gasteiger partial charge >= 0.3 is 0 Å². The highest BCUT2D eigenvalue weighted by Gasteiger charge is 2.03. The fraction of sp³-hybridized carbons (Fsp3) is 0. The van der Waals surface area contributed by atoms with Crippen LogP contribution in [-0.2, 0) is 0 Å². The summed E-state index contributed by atoms with van der Waals surface area (Å²) in [6.07, 6.45) is 1.39. The van der Waals surface area contributed by atoms with E-state index in [1.54, 1.807) is 6.07 Å². The van der Waals surface area contributed by atoms with E-state index in [9.17, 15) is 4.79 Å². The van der Waals surface area contributed by atoms with Crippen molar-refractivity contribution in [3.8, 4) is 0 Å². The number of amides is 1. The molecule has 1 N–H and O–H groups in total. The van der Waals surface area contributed by atoms with Gasteiger partial charge in [-0.25, -0.2) is 0 Å². The third-order valence-electron chi connectivity index (χ3n) is 2.24. The van der Waals surface area contributed by atoms with Crippen LogP contribution >= 0.6 is 0 Å². The van der Waals surface area contributed by atoms with Crippen LogP contribution in [0.1, 0.15) is 10.4 Å². The summed E-state index contributed by atoms with van der Waals surface area (Å²) < 4.78 is 0. The molecule has 0 aromatic heterocycles. The lowest BCUT2D eigenvalue weighted by atomic mass is 10.1. The molecule has 2 aromatic rings. The Kier molecular flexibility index (Phi) is 2.50. The summed E-state index contributed by atoms with van der Waals surface area (Å²) in [5.74, 6) is -0.129. The Bertz CT molecular complexity index is 517. The second-order valence-electron chi connectivity index (χ2n) is 3.24. The lowest BCUT2D eigenvalue weighted by Crippen LogP contribution is -2.16. The molecule has 1 amide bonds. The average molecular weight is 197 g/mol. The average Bonchev–Trinajstić information content (AvgIpc) is 2.29. The van der Waals surface area contributed by atoms with Crippen LogP contribution in [0.2, 0.25) is 0 Å². The van der Waals surface area contributed by atoms with Gasteiger partial charge in [0.15, 0.2) is 0 Å². The predicted octanol–water partition coefficient (Wildman–Crippen LogP) is 2.71. The van der Waals surface area contributed by atoms with Crippen molar-refractivity contribution in [2.45, 2.75) is 0 Å². The Labute approximate surface area is 88.2 Å². The summed E-state index contributed by atoms with van der Waals surface area (Å²) in [5.41, 5.74) is 0.647. The summed E-state index contributed by atoms with van der Waals surface area (Å²) >= 11 is 0. The van der Waals surface area contributed by atoms with Crippen LogP contribution in [0.15, 0.2) is 55.2 Å². The van der Waals surface area contributed by atoms with Crippen LogP contribution in [0, 0.1) is 0 Å². The summed E-state index contributed by atoms with van der Waals surface area (Å²) in [6, 6.07) is 13.6. The molecule has 74 valence electrons. The molecule has 0 unspecified atom stereocenters.